The van der Waals surface area contributed by atoms with Crippen molar-refractivity contribution in [2.75, 3.05) is 19.7 Å². The van der Waals surface area contributed by atoms with Crippen LogP contribution in [0.4, 0.5) is 0 Å². The number of rotatable bonds is 6. The summed E-state index contributed by atoms with van der Waals surface area (Å²) in [6.45, 7) is 9.64. The van der Waals surface area contributed by atoms with Gasteiger partial charge in [-0.15, -0.1) is 0 Å². The number of aliphatic hydroxyl groups excluding tert-OH is 1. The fraction of sp³-hybridized carbons (Fsp3) is 0.667. The number of nitrogens with zero attached hydrogens (tertiary/aromatic N) is 1. The van der Waals surface area contributed by atoms with Gasteiger partial charge in [0.2, 0.25) is 0 Å². The first-order valence-corrected chi connectivity index (χ1v) is 8.02. The van der Waals surface area contributed by atoms with Gasteiger partial charge in [-0.1, -0.05) is 51.1 Å². The third kappa shape index (κ3) is 4.80. The standard InChI is InChI=1S/C18H29NO2/c1-18(2,3)17(20)16(19-11-7-8-12-19)14-21-13-15-9-5-4-6-10-15/h4-6,9-10,16-17,20H,7-8,11-14H2,1-3H3/t16-,17-/m1/s1. The van der Waals surface area contributed by atoms with E-state index in [0.29, 0.717) is 13.2 Å². The van der Waals surface area contributed by atoms with E-state index in [1.807, 2.05) is 18.2 Å². The van der Waals surface area contributed by atoms with Crippen LogP contribution >= 0.6 is 0 Å². The van der Waals surface area contributed by atoms with E-state index in [2.05, 4.69) is 37.8 Å². The maximum atomic E-state index is 10.7. The molecule has 1 fully saturated rings. The molecule has 0 spiro atoms. The van der Waals surface area contributed by atoms with Gasteiger partial charge in [-0.3, -0.25) is 4.90 Å². The zero-order chi connectivity index (χ0) is 15.3. The van der Waals surface area contributed by atoms with E-state index in [0.717, 1.165) is 13.1 Å². The lowest BCUT2D eigenvalue weighted by atomic mass is 9.84. The van der Waals surface area contributed by atoms with Crippen LogP contribution in [-0.4, -0.2) is 41.8 Å². The van der Waals surface area contributed by atoms with Crippen LogP contribution in [0, 0.1) is 5.41 Å². The summed E-state index contributed by atoms with van der Waals surface area (Å²) in [5.74, 6) is 0. The Hall–Kier alpha value is -0.900. The van der Waals surface area contributed by atoms with Crippen molar-refractivity contribution in [2.45, 2.75) is 52.4 Å². The molecule has 1 aliphatic heterocycles. The molecule has 3 nitrogen and oxygen atoms in total. The summed E-state index contributed by atoms with van der Waals surface area (Å²) in [4.78, 5) is 2.39. The van der Waals surface area contributed by atoms with Crippen LogP contribution in [-0.2, 0) is 11.3 Å². The topological polar surface area (TPSA) is 32.7 Å². The molecule has 1 N–H and O–H groups in total. The van der Waals surface area contributed by atoms with Crippen LogP contribution in [0.15, 0.2) is 30.3 Å². The first-order chi connectivity index (χ1) is 9.98. The zero-order valence-electron chi connectivity index (χ0n) is 13.6. The molecule has 2 atom stereocenters. The molecule has 21 heavy (non-hydrogen) atoms. The summed E-state index contributed by atoms with van der Waals surface area (Å²) in [6.07, 6.45) is 2.09. The average molecular weight is 291 g/mol. The Bertz CT molecular complexity index is 407. The van der Waals surface area contributed by atoms with Crippen LogP contribution in [0.25, 0.3) is 0 Å². The molecular weight excluding hydrogens is 262 g/mol. The quantitative estimate of drug-likeness (QED) is 0.874. The predicted molar refractivity (Wildman–Crippen MR) is 86.2 cm³/mol. The second-order valence-electron chi connectivity index (χ2n) is 7.12. The smallest absolute Gasteiger partial charge is 0.0766 e. The fourth-order valence-corrected chi connectivity index (χ4v) is 2.92. The van der Waals surface area contributed by atoms with Gasteiger partial charge >= 0.3 is 0 Å². The molecule has 1 saturated heterocycles. The molecule has 0 saturated carbocycles. The monoisotopic (exact) mass is 291 g/mol. The molecule has 0 unspecified atom stereocenters. The summed E-state index contributed by atoms with van der Waals surface area (Å²) in [5.41, 5.74) is 1.06. The first kappa shape index (κ1) is 16.5. The summed E-state index contributed by atoms with van der Waals surface area (Å²) < 4.78 is 5.91. The van der Waals surface area contributed by atoms with Crippen LogP contribution in [0.5, 0.6) is 0 Å². The molecule has 0 amide bonds. The van der Waals surface area contributed by atoms with Crippen LogP contribution in [0.2, 0.25) is 0 Å². The minimum absolute atomic E-state index is 0.0937. The highest BCUT2D eigenvalue weighted by molar-refractivity contribution is 5.13. The van der Waals surface area contributed by atoms with Crippen molar-refractivity contribution in [3.05, 3.63) is 35.9 Å². The molecule has 1 heterocycles. The van der Waals surface area contributed by atoms with E-state index in [1.165, 1.54) is 18.4 Å². The van der Waals surface area contributed by atoms with Gasteiger partial charge in [-0.25, -0.2) is 0 Å². The second-order valence-corrected chi connectivity index (χ2v) is 7.12. The maximum Gasteiger partial charge on any atom is 0.0766 e. The SMILES string of the molecule is CC(C)(C)[C@H](O)[C@@H](COCc1ccccc1)N1CCCC1. The van der Waals surface area contributed by atoms with E-state index in [9.17, 15) is 5.11 Å². The second kappa shape index (κ2) is 7.39. The molecule has 0 aliphatic carbocycles. The molecule has 0 bridgehead atoms. The number of hydrogen-bond donors (Lipinski definition) is 1. The lowest BCUT2D eigenvalue weighted by molar-refractivity contribution is -0.0518. The van der Waals surface area contributed by atoms with Crippen LogP contribution in [0.1, 0.15) is 39.2 Å². The van der Waals surface area contributed by atoms with Crippen molar-refractivity contribution in [3.63, 3.8) is 0 Å². The Morgan fingerprint density at radius 2 is 1.76 bits per heavy atom. The molecule has 1 aromatic carbocycles. The summed E-state index contributed by atoms with van der Waals surface area (Å²) in [6, 6.07) is 10.3. The van der Waals surface area contributed by atoms with Crippen molar-refractivity contribution in [2.24, 2.45) is 5.41 Å². The van der Waals surface area contributed by atoms with E-state index >= 15 is 0 Å². The number of aliphatic hydroxyl groups is 1. The largest absolute Gasteiger partial charge is 0.391 e. The number of ether oxygens (including phenoxy) is 1. The molecule has 1 aromatic rings. The minimum Gasteiger partial charge on any atom is -0.391 e. The molecule has 3 heteroatoms. The van der Waals surface area contributed by atoms with Gasteiger partial charge in [-0.05, 0) is 36.9 Å². The Morgan fingerprint density at radius 1 is 1.14 bits per heavy atom. The Labute approximate surface area is 128 Å². The van der Waals surface area contributed by atoms with Crippen molar-refractivity contribution in [1.82, 2.24) is 4.90 Å². The highest BCUT2D eigenvalue weighted by Gasteiger charge is 2.35. The van der Waals surface area contributed by atoms with Gasteiger partial charge in [0, 0.05) is 0 Å². The van der Waals surface area contributed by atoms with E-state index in [4.69, 9.17) is 4.74 Å². The van der Waals surface area contributed by atoms with Crippen LogP contribution in [0.3, 0.4) is 0 Å². The highest BCUT2D eigenvalue weighted by atomic mass is 16.5. The third-order valence-corrected chi connectivity index (χ3v) is 4.26. The Kier molecular flexibility index (Phi) is 5.80. The summed E-state index contributed by atoms with van der Waals surface area (Å²) in [5, 5.41) is 10.7. The van der Waals surface area contributed by atoms with Crippen molar-refractivity contribution in [1.29, 1.82) is 0 Å². The van der Waals surface area contributed by atoms with Crippen molar-refractivity contribution < 1.29 is 9.84 Å². The first-order valence-electron chi connectivity index (χ1n) is 8.02. The maximum absolute atomic E-state index is 10.7. The molecule has 0 radical (unpaired) electrons. The lowest BCUT2D eigenvalue weighted by Gasteiger charge is -2.38. The van der Waals surface area contributed by atoms with Gasteiger partial charge in [-0.2, -0.15) is 0 Å². The van der Waals surface area contributed by atoms with Gasteiger partial charge in [0.25, 0.3) is 0 Å². The highest BCUT2D eigenvalue weighted by Crippen LogP contribution is 2.27. The number of hydrogen-bond acceptors (Lipinski definition) is 3. The van der Waals surface area contributed by atoms with Gasteiger partial charge in [0.05, 0.1) is 25.4 Å². The summed E-state index contributed by atoms with van der Waals surface area (Å²) in [7, 11) is 0. The summed E-state index contributed by atoms with van der Waals surface area (Å²) >= 11 is 0. The van der Waals surface area contributed by atoms with Crippen LogP contribution < -0.4 is 0 Å². The van der Waals surface area contributed by atoms with E-state index in [1.54, 1.807) is 0 Å². The lowest BCUT2D eigenvalue weighted by Crippen LogP contribution is -2.50. The zero-order valence-corrected chi connectivity index (χ0v) is 13.6. The fourth-order valence-electron chi connectivity index (χ4n) is 2.92. The number of benzene rings is 1. The average Bonchev–Trinajstić information content (AvgIpc) is 2.97. The van der Waals surface area contributed by atoms with Crippen molar-refractivity contribution in [3.8, 4) is 0 Å². The van der Waals surface area contributed by atoms with E-state index < -0.39 is 0 Å². The molecular formula is C18H29NO2. The minimum atomic E-state index is -0.369. The van der Waals surface area contributed by atoms with Crippen molar-refractivity contribution >= 4 is 0 Å². The molecule has 1 aliphatic rings. The Balaban J connectivity index is 1.92. The van der Waals surface area contributed by atoms with E-state index in [-0.39, 0.29) is 17.6 Å². The normalized spacial score (nSPS) is 19.6. The van der Waals surface area contributed by atoms with Gasteiger partial charge in [0.15, 0.2) is 0 Å². The third-order valence-electron chi connectivity index (χ3n) is 4.26. The Morgan fingerprint density at radius 3 is 2.33 bits per heavy atom. The van der Waals surface area contributed by atoms with Gasteiger partial charge in [0.1, 0.15) is 0 Å². The number of likely N-dealkylation sites (tertiary alicyclic amines) is 1. The predicted octanol–water partition coefficient (Wildman–Crippen LogP) is 3.07. The molecule has 118 valence electrons. The van der Waals surface area contributed by atoms with Gasteiger partial charge < -0.3 is 9.84 Å². The molecule has 0 aromatic heterocycles. The molecule has 2 rings (SSSR count).